The summed E-state index contributed by atoms with van der Waals surface area (Å²) in [7, 11) is 4.84. The van der Waals surface area contributed by atoms with Gasteiger partial charge in [0.2, 0.25) is 0 Å². The van der Waals surface area contributed by atoms with Gasteiger partial charge in [-0.05, 0) is 41.0 Å². The third-order valence-corrected chi connectivity index (χ3v) is 6.95. The maximum absolute atomic E-state index is 13.7. The number of ether oxygens (including phenoxy) is 3. The van der Waals surface area contributed by atoms with Crippen LogP contribution in [0.4, 0.5) is 0 Å². The number of carbonyl (C=O) groups excluding carboxylic acids is 1. The van der Waals surface area contributed by atoms with Crippen LogP contribution >= 0.6 is 0 Å². The van der Waals surface area contributed by atoms with Gasteiger partial charge in [-0.3, -0.25) is 4.79 Å². The molecule has 6 nitrogen and oxygen atoms in total. The van der Waals surface area contributed by atoms with E-state index in [-0.39, 0.29) is 17.9 Å². The number of benzene rings is 3. The van der Waals surface area contributed by atoms with E-state index in [9.17, 15) is 4.79 Å². The Morgan fingerprint density at radius 2 is 1.70 bits per heavy atom. The number of carbonyl (C=O) groups is 1. The second kappa shape index (κ2) is 7.30. The molecule has 4 aromatic rings. The summed E-state index contributed by atoms with van der Waals surface area (Å²) in [5.41, 5.74) is 6.05. The molecule has 2 aliphatic rings. The van der Waals surface area contributed by atoms with Gasteiger partial charge in [-0.2, -0.15) is 0 Å². The Bertz CT molecular complexity index is 1390. The van der Waals surface area contributed by atoms with E-state index < -0.39 is 0 Å². The second-order valence-electron chi connectivity index (χ2n) is 8.45. The maximum Gasteiger partial charge on any atom is 0.259 e. The topological polar surface area (TPSA) is 63.8 Å². The molecule has 3 aromatic carbocycles. The zero-order valence-electron chi connectivity index (χ0n) is 18.7. The molecule has 6 heteroatoms. The molecule has 0 unspecified atom stereocenters. The third kappa shape index (κ3) is 2.70. The molecule has 0 saturated heterocycles. The van der Waals surface area contributed by atoms with Crippen LogP contribution in [0, 0.1) is 0 Å². The van der Waals surface area contributed by atoms with Crippen molar-refractivity contribution >= 4 is 16.8 Å². The van der Waals surface area contributed by atoms with Crippen molar-refractivity contribution in [1.82, 2.24) is 9.88 Å². The van der Waals surface area contributed by atoms with Crippen LogP contribution in [0.25, 0.3) is 10.9 Å². The predicted molar refractivity (Wildman–Crippen MR) is 126 cm³/mol. The van der Waals surface area contributed by atoms with Gasteiger partial charge in [0, 0.05) is 29.1 Å². The van der Waals surface area contributed by atoms with Gasteiger partial charge in [-0.1, -0.05) is 36.4 Å². The largest absolute Gasteiger partial charge is 0.497 e. The number of rotatable bonds is 4. The van der Waals surface area contributed by atoms with Gasteiger partial charge in [0.25, 0.3) is 5.91 Å². The molecule has 3 heterocycles. The molecule has 166 valence electrons. The molecule has 0 saturated carbocycles. The van der Waals surface area contributed by atoms with Crippen molar-refractivity contribution in [3.8, 4) is 17.2 Å². The number of aromatic nitrogens is 1. The Balaban J connectivity index is 1.59. The number of fused-ring (bicyclic) bond motifs is 7. The molecular weight excluding hydrogens is 416 g/mol. The van der Waals surface area contributed by atoms with E-state index >= 15 is 0 Å². The molecule has 1 N–H and O–H groups in total. The van der Waals surface area contributed by atoms with E-state index in [4.69, 9.17) is 14.2 Å². The maximum atomic E-state index is 13.7. The summed E-state index contributed by atoms with van der Waals surface area (Å²) in [4.78, 5) is 19.3. The van der Waals surface area contributed by atoms with Gasteiger partial charge in [0.15, 0.2) is 11.5 Å². The molecule has 0 bridgehead atoms. The smallest absolute Gasteiger partial charge is 0.259 e. The number of H-pyrrole nitrogens is 1. The van der Waals surface area contributed by atoms with Crippen LogP contribution in [-0.4, -0.2) is 43.7 Å². The molecule has 2 atom stereocenters. The molecular formula is C27H24N2O4. The molecule has 2 aliphatic heterocycles. The van der Waals surface area contributed by atoms with E-state index in [1.165, 1.54) is 10.9 Å². The molecule has 6 rings (SSSR count). The van der Waals surface area contributed by atoms with Crippen LogP contribution in [-0.2, 0) is 0 Å². The lowest BCUT2D eigenvalue weighted by Gasteiger charge is -2.36. The fourth-order valence-corrected chi connectivity index (χ4v) is 5.49. The average molecular weight is 440 g/mol. The first-order valence-electron chi connectivity index (χ1n) is 11.0. The van der Waals surface area contributed by atoms with Crippen LogP contribution in [0.2, 0.25) is 0 Å². The summed E-state index contributed by atoms with van der Waals surface area (Å²) < 4.78 is 16.5. The number of amides is 1. The van der Waals surface area contributed by atoms with Crippen molar-refractivity contribution in [3.63, 3.8) is 0 Å². The zero-order chi connectivity index (χ0) is 22.7. The van der Waals surface area contributed by atoms with Crippen LogP contribution in [0.1, 0.15) is 44.7 Å². The number of aromatic amines is 1. The average Bonchev–Trinajstić information content (AvgIpc) is 3.39. The standard InChI is InChI=1S/C27H24N2O4/c1-31-16-10-8-15(9-11-16)19-14-29-25(24-22(19)17-6-4-5-7-20(17)28-24)18-12-13-21(32-2)26(33-3)23(18)27(29)30/h4-13,19,25,28H,14H2,1-3H3/t19-,25+/m0/s1. The molecule has 1 aromatic heterocycles. The number of hydrogen-bond acceptors (Lipinski definition) is 4. The summed E-state index contributed by atoms with van der Waals surface area (Å²) in [5, 5.41) is 1.19. The van der Waals surface area contributed by atoms with Gasteiger partial charge in [-0.15, -0.1) is 0 Å². The number of methoxy groups -OCH3 is 3. The Labute approximate surface area is 191 Å². The van der Waals surface area contributed by atoms with Crippen molar-refractivity contribution in [3.05, 3.63) is 88.6 Å². The third-order valence-electron chi connectivity index (χ3n) is 6.95. The Kier molecular flexibility index (Phi) is 4.37. The molecule has 0 fully saturated rings. The fourth-order valence-electron chi connectivity index (χ4n) is 5.49. The number of nitrogens with one attached hydrogen (secondary N) is 1. The normalized spacial score (nSPS) is 18.6. The SMILES string of the molecule is COc1ccc([C@@H]2CN3C(=O)c4c(ccc(OC)c4OC)[C@@H]3c3[nH]c4ccccc4c32)cc1. The van der Waals surface area contributed by atoms with Crippen LogP contribution in [0.3, 0.4) is 0 Å². The monoisotopic (exact) mass is 440 g/mol. The summed E-state index contributed by atoms with van der Waals surface area (Å²) >= 11 is 0. The molecule has 0 radical (unpaired) electrons. The minimum atomic E-state index is -0.191. The van der Waals surface area contributed by atoms with E-state index in [0.29, 0.717) is 23.6 Å². The highest BCUT2D eigenvalue weighted by molar-refractivity contribution is 6.04. The van der Waals surface area contributed by atoms with E-state index in [1.807, 2.05) is 35.2 Å². The summed E-state index contributed by atoms with van der Waals surface area (Å²) in [6, 6.07) is 20.2. The van der Waals surface area contributed by atoms with Crippen LogP contribution in [0.15, 0.2) is 60.7 Å². The van der Waals surface area contributed by atoms with Gasteiger partial charge in [-0.25, -0.2) is 0 Å². The fraction of sp³-hybridized carbons (Fsp3) is 0.222. The lowest BCUT2D eigenvalue weighted by atomic mass is 9.83. The molecule has 33 heavy (non-hydrogen) atoms. The number of para-hydroxylation sites is 1. The Hall–Kier alpha value is -3.93. The van der Waals surface area contributed by atoms with E-state index in [1.54, 1.807) is 21.3 Å². The summed E-state index contributed by atoms with van der Waals surface area (Å²) in [6.45, 7) is 0.574. The minimum absolute atomic E-state index is 0.0319. The highest BCUT2D eigenvalue weighted by Crippen LogP contribution is 2.52. The first kappa shape index (κ1) is 19.7. The second-order valence-corrected chi connectivity index (χ2v) is 8.45. The number of nitrogens with zero attached hydrogens (tertiary/aromatic N) is 1. The van der Waals surface area contributed by atoms with Crippen molar-refractivity contribution in [1.29, 1.82) is 0 Å². The lowest BCUT2D eigenvalue weighted by Crippen LogP contribution is -2.37. The molecule has 0 aliphatic carbocycles. The first-order chi connectivity index (χ1) is 16.2. The summed E-state index contributed by atoms with van der Waals surface area (Å²) in [6.07, 6.45) is 0. The highest BCUT2D eigenvalue weighted by atomic mass is 16.5. The van der Waals surface area contributed by atoms with Gasteiger partial charge >= 0.3 is 0 Å². The van der Waals surface area contributed by atoms with Crippen molar-refractivity contribution in [2.45, 2.75) is 12.0 Å². The Morgan fingerprint density at radius 3 is 2.42 bits per heavy atom. The van der Waals surface area contributed by atoms with Crippen LogP contribution in [0.5, 0.6) is 17.2 Å². The van der Waals surface area contributed by atoms with Crippen molar-refractivity contribution in [2.75, 3.05) is 27.9 Å². The highest BCUT2D eigenvalue weighted by Gasteiger charge is 2.47. The predicted octanol–water partition coefficient (Wildman–Crippen LogP) is 4.88. The Morgan fingerprint density at radius 1 is 0.909 bits per heavy atom. The van der Waals surface area contributed by atoms with E-state index in [0.717, 1.165) is 28.1 Å². The first-order valence-corrected chi connectivity index (χ1v) is 11.0. The van der Waals surface area contributed by atoms with Gasteiger partial charge in [0.1, 0.15) is 5.75 Å². The van der Waals surface area contributed by atoms with Crippen molar-refractivity contribution in [2.24, 2.45) is 0 Å². The minimum Gasteiger partial charge on any atom is -0.497 e. The summed E-state index contributed by atoms with van der Waals surface area (Å²) in [5.74, 6) is 1.87. The molecule has 1 amide bonds. The quantitative estimate of drug-likeness (QED) is 0.491. The van der Waals surface area contributed by atoms with Crippen molar-refractivity contribution < 1.29 is 19.0 Å². The van der Waals surface area contributed by atoms with Gasteiger partial charge in [0.05, 0.1) is 32.9 Å². The number of hydrogen-bond donors (Lipinski definition) is 1. The zero-order valence-corrected chi connectivity index (χ0v) is 18.7. The van der Waals surface area contributed by atoms with Crippen LogP contribution < -0.4 is 14.2 Å². The lowest BCUT2D eigenvalue weighted by molar-refractivity contribution is 0.0725. The molecule has 0 spiro atoms. The van der Waals surface area contributed by atoms with Gasteiger partial charge < -0.3 is 24.1 Å². The van der Waals surface area contributed by atoms with E-state index in [2.05, 4.69) is 35.3 Å².